The predicted octanol–water partition coefficient (Wildman–Crippen LogP) is 2.38. The van der Waals surface area contributed by atoms with Crippen LogP contribution in [0.15, 0.2) is 36.5 Å². The molecular formula is C24H30N4O4. The van der Waals surface area contributed by atoms with E-state index in [4.69, 9.17) is 9.47 Å². The molecule has 1 aliphatic carbocycles. The van der Waals surface area contributed by atoms with Crippen LogP contribution in [0.1, 0.15) is 42.5 Å². The number of amides is 2. The van der Waals surface area contributed by atoms with E-state index in [-0.39, 0.29) is 30.1 Å². The van der Waals surface area contributed by atoms with E-state index in [2.05, 4.69) is 15.5 Å². The molecule has 3 aliphatic rings. The van der Waals surface area contributed by atoms with Crippen molar-refractivity contribution in [1.29, 1.82) is 0 Å². The van der Waals surface area contributed by atoms with E-state index < -0.39 is 0 Å². The normalized spacial score (nSPS) is 24.3. The van der Waals surface area contributed by atoms with Gasteiger partial charge in [-0.15, -0.1) is 0 Å². The minimum Gasteiger partial charge on any atom is -0.371 e. The SMILES string of the molecule is O=C(NC1CO[C@H]2CN(C(=O)CC3CCCC3)C[C@@H]2OC1)c1cn[nH]c1-c1ccccc1. The number of benzene rings is 1. The summed E-state index contributed by atoms with van der Waals surface area (Å²) in [5.41, 5.74) is 2.08. The molecule has 2 aromatic rings. The van der Waals surface area contributed by atoms with Crippen molar-refractivity contribution in [1.82, 2.24) is 20.4 Å². The van der Waals surface area contributed by atoms with Crippen molar-refractivity contribution in [2.24, 2.45) is 5.92 Å². The molecule has 0 spiro atoms. The third-order valence-corrected chi connectivity index (χ3v) is 6.81. The number of hydrogen-bond donors (Lipinski definition) is 2. The molecule has 1 aromatic carbocycles. The Balaban J connectivity index is 1.15. The third-order valence-electron chi connectivity index (χ3n) is 6.81. The molecule has 1 saturated carbocycles. The summed E-state index contributed by atoms with van der Waals surface area (Å²) >= 11 is 0. The van der Waals surface area contributed by atoms with Gasteiger partial charge in [0.2, 0.25) is 5.91 Å². The highest BCUT2D eigenvalue weighted by Gasteiger charge is 2.40. The fourth-order valence-corrected chi connectivity index (χ4v) is 5.02. The van der Waals surface area contributed by atoms with Crippen molar-refractivity contribution in [2.45, 2.75) is 50.4 Å². The monoisotopic (exact) mass is 438 g/mol. The zero-order valence-electron chi connectivity index (χ0n) is 18.2. The first kappa shape index (κ1) is 21.2. The second-order valence-corrected chi connectivity index (χ2v) is 9.09. The van der Waals surface area contributed by atoms with Crippen LogP contribution in [0.3, 0.4) is 0 Å². The molecule has 2 N–H and O–H groups in total. The Labute approximate surface area is 187 Å². The maximum atomic E-state index is 12.9. The van der Waals surface area contributed by atoms with Gasteiger partial charge in [0, 0.05) is 25.1 Å². The molecule has 170 valence electrons. The molecule has 0 unspecified atom stereocenters. The van der Waals surface area contributed by atoms with Crippen molar-refractivity contribution in [3.05, 3.63) is 42.1 Å². The quantitative estimate of drug-likeness (QED) is 0.747. The van der Waals surface area contributed by atoms with E-state index in [1.807, 2.05) is 35.2 Å². The molecule has 3 heterocycles. The smallest absolute Gasteiger partial charge is 0.255 e. The van der Waals surface area contributed by atoms with Gasteiger partial charge in [-0.3, -0.25) is 14.7 Å². The second-order valence-electron chi connectivity index (χ2n) is 9.09. The van der Waals surface area contributed by atoms with E-state index in [9.17, 15) is 9.59 Å². The van der Waals surface area contributed by atoms with Crippen LogP contribution >= 0.6 is 0 Å². The van der Waals surface area contributed by atoms with Crippen LogP contribution in [0.4, 0.5) is 0 Å². The number of likely N-dealkylation sites (tertiary alicyclic amines) is 1. The number of H-pyrrole nitrogens is 1. The van der Waals surface area contributed by atoms with Crippen LogP contribution in [0, 0.1) is 5.92 Å². The summed E-state index contributed by atoms with van der Waals surface area (Å²) in [6.45, 7) is 1.85. The van der Waals surface area contributed by atoms with Gasteiger partial charge in [-0.2, -0.15) is 5.10 Å². The molecule has 0 radical (unpaired) electrons. The van der Waals surface area contributed by atoms with E-state index in [1.165, 1.54) is 25.7 Å². The van der Waals surface area contributed by atoms with E-state index in [0.29, 0.717) is 49.9 Å². The summed E-state index contributed by atoms with van der Waals surface area (Å²) in [6.07, 6.45) is 6.73. The van der Waals surface area contributed by atoms with Gasteiger partial charge in [0.25, 0.3) is 5.91 Å². The van der Waals surface area contributed by atoms with Crippen LogP contribution in [0.2, 0.25) is 0 Å². The van der Waals surface area contributed by atoms with Crippen LogP contribution in [0.25, 0.3) is 11.3 Å². The number of nitrogens with zero attached hydrogens (tertiary/aromatic N) is 2. The summed E-state index contributed by atoms with van der Waals surface area (Å²) in [5.74, 6) is 0.545. The zero-order chi connectivity index (χ0) is 21.9. The zero-order valence-corrected chi connectivity index (χ0v) is 18.2. The molecule has 3 fully saturated rings. The van der Waals surface area contributed by atoms with Gasteiger partial charge >= 0.3 is 0 Å². The highest BCUT2D eigenvalue weighted by Crippen LogP contribution is 2.29. The van der Waals surface area contributed by atoms with E-state index in [1.54, 1.807) is 6.20 Å². The van der Waals surface area contributed by atoms with Gasteiger partial charge in [0.15, 0.2) is 0 Å². The maximum absolute atomic E-state index is 12.9. The largest absolute Gasteiger partial charge is 0.371 e. The number of aromatic nitrogens is 2. The molecule has 8 nitrogen and oxygen atoms in total. The van der Waals surface area contributed by atoms with E-state index in [0.717, 1.165) is 5.56 Å². The lowest BCUT2D eigenvalue weighted by atomic mass is 10.0. The van der Waals surface area contributed by atoms with Crippen LogP contribution < -0.4 is 5.32 Å². The van der Waals surface area contributed by atoms with Gasteiger partial charge in [-0.1, -0.05) is 43.2 Å². The molecule has 0 bridgehead atoms. The fourth-order valence-electron chi connectivity index (χ4n) is 5.02. The molecule has 2 aliphatic heterocycles. The lowest BCUT2D eigenvalue weighted by molar-refractivity contribution is -0.132. The number of ether oxygens (including phenoxy) is 2. The molecule has 5 rings (SSSR count). The van der Waals surface area contributed by atoms with E-state index >= 15 is 0 Å². The standard InChI is InChI=1S/C24H30N4O4/c29-22(10-16-6-4-5-7-16)28-12-20-21(13-28)32-15-18(14-31-20)26-24(30)19-11-25-27-23(19)17-8-2-1-3-9-17/h1-3,8-9,11,16,18,20-21H,4-7,10,12-15H2,(H,25,27)(H,26,30)/t20-,21-/m0/s1. The highest BCUT2D eigenvalue weighted by molar-refractivity contribution is 5.99. The van der Waals surface area contributed by atoms with Crippen molar-refractivity contribution in [3.63, 3.8) is 0 Å². The summed E-state index contributed by atoms with van der Waals surface area (Å²) in [4.78, 5) is 27.5. The van der Waals surface area contributed by atoms with Crippen molar-refractivity contribution < 1.29 is 19.1 Å². The molecule has 1 aromatic heterocycles. The topological polar surface area (TPSA) is 96.6 Å². The van der Waals surface area contributed by atoms with Crippen LogP contribution in [-0.2, 0) is 14.3 Å². The number of nitrogens with one attached hydrogen (secondary N) is 2. The average Bonchev–Trinajstić information content (AvgIpc) is 3.55. The van der Waals surface area contributed by atoms with Crippen molar-refractivity contribution >= 4 is 11.8 Å². The summed E-state index contributed by atoms with van der Waals surface area (Å²) in [5, 5.41) is 9.98. The molecule has 2 amide bonds. The van der Waals surface area contributed by atoms with Crippen LogP contribution in [0.5, 0.6) is 0 Å². The minimum atomic E-state index is -0.255. The molecule has 32 heavy (non-hydrogen) atoms. The average molecular weight is 439 g/mol. The minimum absolute atomic E-state index is 0.141. The van der Waals surface area contributed by atoms with Crippen LogP contribution in [-0.4, -0.2) is 71.5 Å². The lowest BCUT2D eigenvalue weighted by Crippen LogP contribution is -2.41. The first-order valence-corrected chi connectivity index (χ1v) is 11.6. The Kier molecular flexibility index (Phi) is 6.23. The second kappa shape index (κ2) is 9.42. The summed E-state index contributed by atoms with van der Waals surface area (Å²) in [7, 11) is 0. The van der Waals surface area contributed by atoms with Gasteiger partial charge in [0.1, 0.15) is 12.2 Å². The Bertz CT molecular complexity index is 924. The predicted molar refractivity (Wildman–Crippen MR) is 118 cm³/mol. The number of rotatable bonds is 5. The van der Waals surface area contributed by atoms with Gasteiger partial charge in [-0.25, -0.2) is 0 Å². The number of carbonyl (C=O) groups is 2. The van der Waals surface area contributed by atoms with Crippen molar-refractivity contribution in [3.8, 4) is 11.3 Å². The first-order valence-electron chi connectivity index (χ1n) is 11.6. The Morgan fingerprint density at radius 3 is 2.44 bits per heavy atom. The highest BCUT2D eigenvalue weighted by atomic mass is 16.6. The number of hydrogen-bond acceptors (Lipinski definition) is 5. The summed E-state index contributed by atoms with van der Waals surface area (Å²) in [6, 6.07) is 9.39. The molecule has 2 saturated heterocycles. The number of aromatic amines is 1. The Morgan fingerprint density at radius 1 is 1.06 bits per heavy atom. The third kappa shape index (κ3) is 4.56. The Morgan fingerprint density at radius 2 is 1.75 bits per heavy atom. The van der Waals surface area contributed by atoms with Gasteiger partial charge in [0.05, 0.1) is 36.7 Å². The van der Waals surface area contributed by atoms with Gasteiger partial charge < -0.3 is 19.7 Å². The molecule has 2 atom stereocenters. The molecular weight excluding hydrogens is 408 g/mol. The summed E-state index contributed by atoms with van der Waals surface area (Å²) < 4.78 is 12.1. The Hall–Kier alpha value is -2.71. The number of fused-ring (bicyclic) bond motifs is 1. The van der Waals surface area contributed by atoms with Crippen molar-refractivity contribution in [2.75, 3.05) is 26.3 Å². The first-order chi connectivity index (χ1) is 15.7. The number of carbonyl (C=O) groups excluding carboxylic acids is 2. The fraction of sp³-hybridized carbons (Fsp3) is 0.542. The maximum Gasteiger partial charge on any atom is 0.255 e. The molecule has 8 heteroatoms. The van der Waals surface area contributed by atoms with Gasteiger partial charge in [-0.05, 0) is 18.8 Å². The lowest BCUT2D eigenvalue weighted by Gasteiger charge is -2.20.